The molecule has 0 saturated carbocycles. The highest BCUT2D eigenvalue weighted by Gasteiger charge is 2.16. The summed E-state index contributed by atoms with van der Waals surface area (Å²) in [6.07, 6.45) is 0. The van der Waals surface area contributed by atoms with Crippen molar-refractivity contribution in [3.8, 4) is 0 Å². The smallest absolute Gasteiger partial charge is 0.271 e. The fourth-order valence-electron chi connectivity index (χ4n) is 0.572. The molecule has 0 aliphatic carbocycles. The topological polar surface area (TPSA) is 128 Å². The average Bonchev–Trinajstić information content (AvgIpc) is 2.32. The first-order valence-electron chi connectivity index (χ1n) is 2.63. The first kappa shape index (κ1) is 7.19. The maximum absolute atomic E-state index is 10.5. The van der Waals surface area contributed by atoms with Crippen molar-refractivity contribution in [3.05, 3.63) is 11.4 Å². The Labute approximate surface area is 60.7 Å². The van der Waals surface area contributed by atoms with Crippen LogP contribution >= 0.6 is 0 Å². The number of carbonyl (C=O) groups is 2. The predicted octanol–water partition coefficient (Wildman–Crippen LogP) is -2.00. The van der Waals surface area contributed by atoms with E-state index in [1.807, 2.05) is 0 Å². The van der Waals surface area contributed by atoms with Crippen LogP contribution in [0.4, 0.5) is 0 Å². The number of rotatable bonds is 2. The summed E-state index contributed by atoms with van der Waals surface area (Å²) in [5, 5.41) is 8.59. The van der Waals surface area contributed by atoms with Crippen LogP contribution in [0.3, 0.4) is 0 Å². The summed E-state index contributed by atoms with van der Waals surface area (Å²) >= 11 is 0. The SMILES string of the molecule is NC(=O)c1nn[nH]c1C(N)=O. The van der Waals surface area contributed by atoms with Crippen LogP contribution in [-0.4, -0.2) is 27.2 Å². The molecule has 7 heteroatoms. The molecular formula is C4H5N5O2. The first-order valence-corrected chi connectivity index (χ1v) is 2.63. The molecule has 5 N–H and O–H groups in total. The van der Waals surface area contributed by atoms with E-state index in [1.165, 1.54) is 0 Å². The lowest BCUT2D eigenvalue weighted by Crippen LogP contribution is -2.20. The Morgan fingerprint density at radius 3 is 2.27 bits per heavy atom. The highest BCUT2D eigenvalue weighted by molar-refractivity contribution is 6.03. The lowest BCUT2D eigenvalue weighted by molar-refractivity contribution is 0.0962. The van der Waals surface area contributed by atoms with Crippen LogP contribution in [0.5, 0.6) is 0 Å². The summed E-state index contributed by atoms with van der Waals surface area (Å²) in [5.74, 6) is -1.66. The maximum Gasteiger partial charge on any atom is 0.271 e. The molecule has 0 aliphatic rings. The van der Waals surface area contributed by atoms with E-state index in [4.69, 9.17) is 11.5 Å². The number of hydrogen-bond donors (Lipinski definition) is 3. The van der Waals surface area contributed by atoms with Gasteiger partial charge in [-0.25, -0.2) is 0 Å². The van der Waals surface area contributed by atoms with Crippen LogP contribution < -0.4 is 11.5 Å². The summed E-state index contributed by atoms with van der Waals surface area (Å²) in [5.41, 5.74) is 9.26. The van der Waals surface area contributed by atoms with Crippen molar-refractivity contribution in [1.82, 2.24) is 15.4 Å². The van der Waals surface area contributed by atoms with E-state index in [1.54, 1.807) is 0 Å². The van der Waals surface area contributed by atoms with Gasteiger partial charge < -0.3 is 11.5 Å². The number of nitrogens with zero attached hydrogens (tertiary/aromatic N) is 2. The Hall–Kier alpha value is -1.92. The van der Waals surface area contributed by atoms with E-state index in [0.717, 1.165) is 0 Å². The minimum absolute atomic E-state index is 0.169. The third kappa shape index (κ3) is 1.16. The second-order valence-electron chi connectivity index (χ2n) is 1.76. The molecule has 0 fully saturated rings. The van der Waals surface area contributed by atoms with E-state index in [2.05, 4.69) is 15.4 Å². The lowest BCUT2D eigenvalue weighted by atomic mass is 10.3. The van der Waals surface area contributed by atoms with Gasteiger partial charge in [-0.1, -0.05) is 5.21 Å². The molecule has 11 heavy (non-hydrogen) atoms. The zero-order chi connectivity index (χ0) is 8.43. The second-order valence-corrected chi connectivity index (χ2v) is 1.76. The fourth-order valence-corrected chi connectivity index (χ4v) is 0.572. The molecule has 1 heterocycles. The van der Waals surface area contributed by atoms with Crippen molar-refractivity contribution in [2.45, 2.75) is 0 Å². The molecule has 2 amide bonds. The third-order valence-corrected chi connectivity index (χ3v) is 1.03. The van der Waals surface area contributed by atoms with Gasteiger partial charge >= 0.3 is 0 Å². The Kier molecular flexibility index (Phi) is 1.55. The number of hydrogen-bond acceptors (Lipinski definition) is 4. The Morgan fingerprint density at radius 2 is 1.91 bits per heavy atom. The van der Waals surface area contributed by atoms with E-state index in [-0.39, 0.29) is 11.4 Å². The van der Waals surface area contributed by atoms with Gasteiger partial charge in [0.05, 0.1) is 0 Å². The molecule has 0 atom stereocenters. The van der Waals surface area contributed by atoms with Gasteiger partial charge in [-0.15, -0.1) is 5.10 Å². The molecule has 0 bridgehead atoms. The van der Waals surface area contributed by atoms with Crippen LogP contribution in [-0.2, 0) is 0 Å². The second kappa shape index (κ2) is 2.37. The summed E-state index contributed by atoms with van der Waals surface area (Å²) in [4.78, 5) is 21.0. The van der Waals surface area contributed by atoms with Gasteiger partial charge in [0.25, 0.3) is 11.8 Å². The largest absolute Gasteiger partial charge is 0.364 e. The molecule has 0 spiro atoms. The van der Waals surface area contributed by atoms with Crippen LogP contribution in [0, 0.1) is 0 Å². The van der Waals surface area contributed by atoms with E-state index >= 15 is 0 Å². The first-order chi connectivity index (χ1) is 5.13. The molecule has 58 valence electrons. The van der Waals surface area contributed by atoms with Crippen molar-refractivity contribution in [1.29, 1.82) is 0 Å². The molecule has 1 rings (SSSR count). The number of nitrogens with two attached hydrogens (primary N) is 2. The number of aromatic nitrogens is 3. The Morgan fingerprint density at radius 1 is 1.27 bits per heavy atom. The number of nitrogens with one attached hydrogen (secondary N) is 1. The summed E-state index contributed by atoms with van der Waals surface area (Å²) in [7, 11) is 0. The Balaban J connectivity index is 3.16. The van der Waals surface area contributed by atoms with Crippen LogP contribution in [0.15, 0.2) is 0 Å². The lowest BCUT2D eigenvalue weighted by Gasteiger charge is -1.88. The quantitative estimate of drug-likeness (QED) is 0.456. The van der Waals surface area contributed by atoms with Gasteiger partial charge in [0.2, 0.25) is 0 Å². The van der Waals surface area contributed by atoms with Crippen molar-refractivity contribution >= 4 is 11.8 Å². The minimum Gasteiger partial charge on any atom is -0.364 e. The van der Waals surface area contributed by atoms with Gasteiger partial charge in [-0.05, 0) is 0 Å². The number of amides is 2. The highest BCUT2D eigenvalue weighted by Crippen LogP contribution is 1.96. The summed E-state index contributed by atoms with van der Waals surface area (Å²) < 4.78 is 0. The molecule has 1 aromatic heterocycles. The molecule has 0 unspecified atom stereocenters. The van der Waals surface area contributed by atoms with Crippen molar-refractivity contribution in [2.24, 2.45) is 11.5 Å². The zero-order valence-electron chi connectivity index (χ0n) is 5.37. The third-order valence-electron chi connectivity index (χ3n) is 1.03. The average molecular weight is 155 g/mol. The number of aromatic amines is 1. The zero-order valence-corrected chi connectivity index (χ0v) is 5.37. The molecule has 0 radical (unpaired) electrons. The van der Waals surface area contributed by atoms with Crippen molar-refractivity contribution < 1.29 is 9.59 Å². The summed E-state index contributed by atoms with van der Waals surface area (Å²) in [6.45, 7) is 0. The molecule has 0 aromatic carbocycles. The molecule has 1 aromatic rings. The highest BCUT2D eigenvalue weighted by atomic mass is 16.2. The standard InChI is InChI=1S/C4H5N5O2/c5-3(10)1-2(4(6)11)8-9-7-1/h(H2,5,10)(H2,6,11)(H,7,8,9). The molecule has 7 nitrogen and oxygen atoms in total. The maximum atomic E-state index is 10.5. The minimum atomic E-state index is -0.840. The molecular weight excluding hydrogens is 150 g/mol. The van der Waals surface area contributed by atoms with Crippen molar-refractivity contribution in [3.63, 3.8) is 0 Å². The van der Waals surface area contributed by atoms with Gasteiger partial charge in [0.15, 0.2) is 11.4 Å². The van der Waals surface area contributed by atoms with Gasteiger partial charge in [-0.3, -0.25) is 14.7 Å². The van der Waals surface area contributed by atoms with Crippen LogP contribution in [0.2, 0.25) is 0 Å². The van der Waals surface area contributed by atoms with Crippen LogP contribution in [0.25, 0.3) is 0 Å². The van der Waals surface area contributed by atoms with Gasteiger partial charge in [0.1, 0.15) is 0 Å². The van der Waals surface area contributed by atoms with E-state index in [0.29, 0.717) is 0 Å². The molecule has 0 aliphatic heterocycles. The van der Waals surface area contributed by atoms with Gasteiger partial charge in [-0.2, -0.15) is 0 Å². The number of primary amides is 2. The van der Waals surface area contributed by atoms with E-state index in [9.17, 15) is 9.59 Å². The Bertz CT molecular complexity index is 275. The van der Waals surface area contributed by atoms with E-state index < -0.39 is 11.8 Å². The fraction of sp³-hybridized carbons (Fsp3) is 0. The van der Waals surface area contributed by atoms with Gasteiger partial charge in [0, 0.05) is 0 Å². The summed E-state index contributed by atoms with van der Waals surface area (Å²) in [6, 6.07) is 0. The normalized spacial score (nSPS) is 9.45. The number of H-pyrrole nitrogens is 1. The van der Waals surface area contributed by atoms with Crippen LogP contribution in [0.1, 0.15) is 21.0 Å². The molecule has 0 saturated heterocycles. The van der Waals surface area contributed by atoms with Crippen molar-refractivity contribution in [2.75, 3.05) is 0 Å². The predicted molar refractivity (Wildman–Crippen MR) is 33.4 cm³/mol. The number of carbonyl (C=O) groups excluding carboxylic acids is 2. The monoisotopic (exact) mass is 155 g/mol.